The maximum Gasteiger partial charge on any atom is 0.335 e. The smallest absolute Gasteiger partial charge is 0.335 e. The van der Waals surface area contributed by atoms with Crippen molar-refractivity contribution < 1.29 is 19.8 Å². The fourth-order valence-electron chi connectivity index (χ4n) is 5.25. The minimum absolute atomic E-state index is 0.0772. The number of pyridine rings is 2. The minimum Gasteiger partial charge on any atom is -0.478 e. The summed E-state index contributed by atoms with van der Waals surface area (Å²) < 4.78 is 1.83. The summed E-state index contributed by atoms with van der Waals surface area (Å²) in [5.74, 6) is -2.49. The summed E-state index contributed by atoms with van der Waals surface area (Å²) in [6, 6.07) is 18.4. The second kappa shape index (κ2) is 8.66. The van der Waals surface area contributed by atoms with Gasteiger partial charge in [0.1, 0.15) is 0 Å². The number of aryl methyl sites for hydroxylation is 2. The molecule has 3 N–H and O–H groups in total. The Morgan fingerprint density at radius 1 is 0.667 bits per heavy atom. The number of H-pyrrole nitrogens is 1. The number of hydrogen-bond acceptors (Lipinski definition) is 4. The third kappa shape index (κ3) is 3.93. The molecule has 39 heavy (non-hydrogen) atoms. The van der Waals surface area contributed by atoms with Crippen molar-refractivity contribution in [2.75, 3.05) is 0 Å². The van der Waals surface area contributed by atoms with E-state index in [-0.39, 0.29) is 28.5 Å². The van der Waals surface area contributed by atoms with E-state index in [2.05, 4.69) is 4.98 Å². The third-order valence-corrected chi connectivity index (χ3v) is 7.12. The molecule has 4 aromatic carbocycles. The van der Waals surface area contributed by atoms with E-state index in [0.29, 0.717) is 49.2 Å². The van der Waals surface area contributed by atoms with Crippen LogP contribution < -0.4 is 10.9 Å². The Balaban J connectivity index is 1.73. The van der Waals surface area contributed by atoms with Gasteiger partial charge in [0.05, 0.1) is 27.7 Å². The van der Waals surface area contributed by atoms with Gasteiger partial charge in [-0.15, -0.1) is 0 Å². The van der Waals surface area contributed by atoms with E-state index in [4.69, 9.17) is 0 Å². The van der Waals surface area contributed by atoms with Crippen molar-refractivity contribution in [3.63, 3.8) is 0 Å². The van der Waals surface area contributed by atoms with Crippen molar-refractivity contribution in [2.45, 2.75) is 20.4 Å². The molecule has 0 aliphatic heterocycles. The van der Waals surface area contributed by atoms with Crippen LogP contribution in [0.2, 0.25) is 0 Å². The lowest BCUT2D eigenvalue weighted by Gasteiger charge is -2.17. The molecule has 8 nitrogen and oxygen atoms in total. The first-order chi connectivity index (χ1) is 18.6. The van der Waals surface area contributed by atoms with Crippen LogP contribution in [0.15, 0.2) is 76.3 Å². The quantitative estimate of drug-likeness (QED) is 0.275. The molecule has 0 aliphatic rings. The maximum absolute atomic E-state index is 13.7. The van der Waals surface area contributed by atoms with Gasteiger partial charge in [0.15, 0.2) is 10.9 Å². The molecule has 0 spiro atoms. The fraction of sp³-hybridized carbons (Fsp3) is 0.0968. The van der Waals surface area contributed by atoms with Crippen LogP contribution in [0.3, 0.4) is 0 Å². The standard InChI is InChI=1S/C31H22N2O6/c1-15-3-5-24-20(7-15)28(34)21-13-27-23(12-25(21)32-24)29(35)22-8-16(2)4-6-26(22)33(27)14-17-9-18(30(36)37)11-19(10-17)31(38)39/h3-13H,14H2,1-2H3,(H,32,34)(H,36,37)(H,38,39). The Bertz CT molecular complexity index is 2140. The van der Waals surface area contributed by atoms with E-state index < -0.39 is 11.9 Å². The molecule has 0 unspecified atom stereocenters. The molecule has 6 aromatic rings. The van der Waals surface area contributed by atoms with Crippen LogP contribution in [0, 0.1) is 13.8 Å². The van der Waals surface area contributed by atoms with Gasteiger partial charge in [-0.05, 0) is 74.0 Å². The van der Waals surface area contributed by atoms with Crippen molar-refractivity contribution in [3.8, 4) is 0 Å². The monoisotopic (exact) mass is 518 g/mol. The van der Waals surface area contributed by atoms with E-state index in [9.17, 15) is 29.4 Å². The zero-order valence-corrected chi connectivity index (χ0v) is 21.0. The molecule has 0 saturated heterocycles. The average molecular weight is 519 g/mol. The van der Waals surface area contributed by atoms with Gasteiger partial charge in [-0.2, -0.15) is 0 Å². The number of aromatic nitrogens is 2. The zero-order valence-electron chi connectivity index (χ0n) is 21.0. The van der Waals surface area contributed by atoms with Crippen LogP contribution in [0.4, 0.5) is 0 Å². The predicted molar refractivity (Wildman–Crippen MR) is 150 cm³/mol. The molecule has 0 saturated carbocycles. The van der Waals surface area contributed by atoms with Gasteiger partial charge >= 0.3 is 11.9 Å². The highest BCUT2D eigenvalue weighted by Crippen LogP contribution is 2.26. The highest BCUT2D eigenvalue weighted by molar-refractivity contribution is 6.03. The summed E-state index contributed by atoms with van der Waals surface area (Å²) in [5, 5.41) is 20.9. The Morgan fingerprint density at radius 3 is 1.90 bits per heavy atom. The van der Waals surface area contributed by atoms with Gasteiger partial charge in [-0.3, -0.25) is 9.59 Å². The number of benzene rings is 4. The van der Waals surface area contributed by atoms with Crippen LogP contribution in [-0.4, -0.2) is 31.7 Å². The Kier molecular flexibility index (Phi) is 5.36. The predicted octanol–water partition coefficient (Wildman–Crippen LogP) is 5.21. The molecule has 192 valence electrons. The molecule has 6 rings (SSSR count). The highest BCUT2D eigenvalue weighted by Gasteiger charge is 2.17. The molecular weight excluding hydrogens is 496 g/mol. The Morgan fingerprint density at radius 2 is 1.23 bits per heavy atom. The van der Waals surface area contributed by atoms with E-state index in [1.807, 2.05) is 48.7 Å². The number of aromatic amines is 1. The highest BCUT2D eigenvalue weighted by atomic mass is 16.4. The number of nitrogens with one attached hydrogen (secondary N) is 1. The number of carboxylic acids is 2. The first-order valence-electron chi connectivity index (χ1n) is 12.2. The molecule has 2 heterocycles. The average Bonchev–Trinajstić information content (AvgIpc) is 2.91. The van der Waals surface area contributed by atoms with Gasteiger partial charge in [0.25, 0.3) is 0 Å². The number of carbonyl (C=O) groups is 2. The summed E-state index contributed by atoms with van der Waals surface area (Å²) in [6.07, 6.45) is 0. The number of aromatic carboxylic acids is 2. The van der Waals surface area contributed by atoms with Crippen LogP contribution in [0.5, 0.6) is 0 Å². The molecule has 0 atom stereocenters. The first kappa shape index (κ1) is 24.1. The van der Waals surface area contributed by atoms with Crippen molar-refractivity contribution in [1.29, 1.82) is 0 Å². The number of rotatable bonds is 4. The Labute approximate surface area is 220 Å². The molecule has 2 aromatic heterocycles. The van der Waals surface area contributed by atoms with Gasteiger partial charge in [-0.25, -0.2) is 9.59 Å². The maximum atomic E-state index is 13.7. The van der Waals surface area contributed by atoms with Gasteiger partial charge in [0, 0.05) is 33.6 Å². The SMILES string of the molecule is Cc1ccc2[nH]c3cc4c(=O)c5cc(C)ccc5n(Cc5cc(C(=O)O)cc(C(=O)O)c5)c4cc3c(=O)c2c1. The molecule has 0 bridgehead atoms. The number of carboxylic acid groups (broad SMARTS) is 2. The summed E-state index contributed by atoms with van der Waals surface area (Å²) in [4.78, 5) is 54.0. The molecule has 0 radical (unpaired) electrons. The third-order valence-electron chi connectivity index (χ3n) is 7.12. The molecular formula is C31H22N2O6. The fourth-order valence-corrected chi connectivity index (χ4v) is 5.25. The van der Waals surface area contributed by atoms with Crippen LogP contribution in [0.1, 0.15) is 37.4 Å². The summed E-state index contributed by atoms with van der Waals surface area (Å²) in [5.41, 5.74) is 3.86. The molecule has 0 fully saturated rings. The van der Waals surface area contributed by atoms with Crippen molar-refractivity contribution in [2.24, 2.45) is 0 Å². The van der Waals surface area contributed by atoms with Gasteiger partial charge < -0.3 is 19.8 Å². The summed E-state index contributed by atoms with van der Waals surface area (Å²) in [6.45, 7) is 3.87. The summed E-state index contributed by atoms with van der Waals surface area (Å²) in [7, 11) is 0. The minimum atomic E-state index is -1.25. The number of nitrogens with zero attached hydrogens (tertiary/aromatic N) is 1. The van der Waals surface area contributed by atoms with Crippen LogP contribution in [-0.2, 0) is 6.54 Å². The number of fused-ring (bicyclic) bond motifs is 4. The van der Waals surface area contributed by atoms with Gasteiger partial charge in [-0.1, -0.05) is 23.3 Å². The van der Waals surface area contributed by atoms with E-state index >= 15 is 0 Å². The summed E-state index contributed by atoms with van der Waals surface area (Å²) >= 11 is 0. The van der Waals surface area contributed by atoms with Crippen molar-refractivity contribution >= 4 is 55.6 Å². The molecule has 8 heteroatoms. The van der Waals surface area contributed by atoms with Crippen molar-refractivity contribution in [3.05, 3.63) is 115 Å². The number of hydrogen-bond donors (Lipinski definition) is 3. The largest absolute Gasteiger partial charge is 0.478 e. The van der Waals surface area contributed by atoms with E-state index in [0.717, 1.165) is 17.2 Å². The normalized spacial score (nSPS) is 11.5. The topological polar surface area (TPSA) is 129 Å². The molecule has 0 amide bonds. The lowest BCUT2D eigenvalue weighted by Crippen LogP contribution is -2.15. The molecule has 0 aliphatic carbocycles. The lowest BCUT2D eigenvalue weighted by atomic mass is 10.0. The second-order valence-corrected chi connectivity index (χ2v) is 9.88. The lowest BCUT2D eigenvalue weighted by molar-refractivity contribution is 0.0696. The zero-order chi connectivity index (χ0) is 27.6. The first-order valence-corrected chi connectivity index (χ1v) is 12.2. The van der Waals surface area contributed by atoms with E-state index in [1.54, 1.807) is 18.2 Å². The van der Waals surface area contributed by atoms with Crippen LogP contribution >= 0.6 is 0 Å². The Hall–Kier alpha value is -5.24. The van der Waals surface area contributed by atoms with E-state index in [1.165, 1.54) is 12.1 Å². The van der Waals surface area contributed by atoms with Crippen molar-refractivity contribution in [1.82, 2.24) is 9.55 Å². The van der Waals surface area contributed by atoms with Gasteiger partial charge in [0.2, 0.25) is 0 Å². The second-order valence-electron chi connectivity index (χ2n) is 9.88. The van der Waals surface area contributed by atoms with Crippen LogP contribution in [0.25, 0.3) is 43.6 Å².